The number of aromatic nitrogens is 3. The van der Waals surface area contributed by atoms with Gasteiger partial charge in [0.1, 0.15) is 11.6 Å². The quantitative estimate of drug-likeness (QED) is 0.157. The Labute approximate surface area is 398 Å². The molecule has 0 radical (unpaired) electrons. The summed E-state index contributed by atoms with van der Waals surface area (Å²) in [6, 6.07) is 44.1. The summed E-state index contributed by atoms with van der Waals surface area (Å²) in [5.74, 6) is 1.09. The number of phenolic OH excluding ortho intramolecular Hbond substituents is 1. The minimum absolute atomic E-state index is 0.119. The lowest BCUT2D eigenvalue weighted by molar-refractivity contribution is 0.446. The molecule has 2 aromatic heterocycles. The van der Waals surface area contributed by atoms with Crippen molar-refractivity contribution in [1.29, 1.82) is 0 Å². The van der Waals surface area contributed by atoms with E-state index in [4.69, 9.17) is 16.8 Å². The molecule has 0 atom stereocenters. The first-order valence-corrected chi connectivity index (χ1v) is 23.0. The van der Waals surface area contributed by atoms with Crippen molar-refractivity contribution in [3.8, 4) is 78.6 Å². The first kappa shape index (κ1) is 38.3. The average Bonchev–Trinajstić information content (AvgIpc) is 3.73. The van der Waals surface area contributed by atoms with E-state index in [9.17, 15) is 5.11 Å². The van der Waals surface area contributed by atoms with Gasteiger partial charge in [-0.15, -0.1) is 0 Å². The smallest absolute Gasteiger partial charge is 0.149 e. The molecule has 66 heavy (non-hydrogen) atoms. The van der Waals surface area contributed by atoms with Gasteiger partial charge in [0, 0.05) is 22.9 Å². The van der Waals surface area contributed by atoms with Crippen molar-refractivity contribution in [2.45, 2.75) is 91.9 Å². The number of nitrogens with zero attached hydrogens (tertiary/aromatic N) is 3. The zero-order valence-electron chi connectivity index (χ0n) is 44.7. The van der Waals surface area contributed by atoms with Crippen LogP contribution in [-0.2, 0) is 10.8 Å². The Hall–Kier alpha value is -7.04. The van der Waals surface area contributed by atoms with Crippen molar-refractivity contribution in [3.63, 3.8) is 0 Å². The minimum Gasteiger partial charge on any atom is -0.507 e. The summed E-state index contributed by atoms with van der Waals surface area (Å²) in [7, 11) is 0. The van der Waals surface area contributed by atoms with Gasteiger partial charge in [-0.1, -0.05) is 178 Å². The molecule has 2 heterocycles. The third-order valence-electron chi connectivity index (χ3n) is 12.6. The zero-order valence-corrected chi connectivity index (χ0v) is 39.7. The standard InChI is InChI=1S/C62H61N3O/c1-39(2)51-34-46(43-25-18-13-19-26-43)35-52(40(3)4)58(51)65-56-28-20-27-50(57(56)64-60(65)53-37-49(61(5,6)7)38-54(59(53)66)62(8,9)10)47-31-45(42-23-16-12-17-24-42)32-48(33-47)55-36-44(29-30-63-55)41-21-14-11-15-22-41/h11-40,66H,1-10H3/i11D,14D,15D,21D,22D. The van der Waals surface area contributed by atoms with Gasteiger partial charge in [-0.25, -0.2) is 4.98 Å². The molecule has 0 bridgehead atoms. The Morgan fingerprint density at radius 3 is 1.71 bits per heavy atom. The fourth-order valence-electron chi connectivity index (χ4n) is 9.03. The summed E-state index contributed by atoms with van der Waals surface area (Å²) in [5, 5.41) is 12.7. The number of benzene rings is 7. The molecule has 0 spiro atoms. The summed E-state index contributed by atoms with van der Waals surface area (Å²) < 4.78 is 44.8. The molecule has 330 valence electrons. The first-order chi connectivity index (χ1) is 33.6. The van der Waals surface area contributed by atoms with Crippen LogP contribution < -0.4 is 0 Å². The molecule has 1 N–H and O–H groups in total. The van der Waals surface area contributed by atoms with Crippen LogP contribution in [0.15, 0.2) is 170 Å². The molecule has 9 rings (SSSR count). The molecule has 0 aliphatic rings. The van der Waals surface area contributed by atoms with Gasteiger partial charge in [0.25, 0.3) is 0 Å². The van der Waals surface area contributed by atoms with Crippen LogP contribution in [0.1, 0.15) is 110 Å². The molecule has 9 aromatic rings. The van der Waals surface area contributed by atoms with E-state index in [0.717, 1.165) is 66.8 Å². The van der Waals surface area contributed by atoms with Crippen LogP contribution in [0.25, 0.3) is 83.9 Å². The Morgan fingerprint density at radius 1 is 0.530 bits per heavy atom. The number of rotatable bonds is 9. The van der Waals surface area contributed by atoms with Crippen LogP contribution in [0.3, 0.4) is 0 Å². The molecule has 0 aliphatic carbocycles. The highest BCUT2D eigenvalue weighted by molar-refractivity contribution is 5.98. The van der Waals surface area contributed by atoms with Gasteiger partial charge in [-0.2, -0.15) is 0 Å². The van der Waals surface area contributed by atoms with Crippen molar-refractivity contribution in [1.82, 2.24) is 14.5 Å². The average molecular weight is 869 g/mol. The number of hydrogen-bond donors (Lipinski definition) is 1. The number of para-hydroxylation sites is 1. The van der Waals surface area contributed by atoms with E-state index in [1.807, 2.05) is 24.3 Å². The Kier molecular flexibility index (Phi) is 10.1. The molecular formula is C62H61N3O. The highest BCUT2D eigenvalue weighted by Gasteiger charge is 2.30. The lowest BCUT2D eigenvalue weighted by Gasteiger charge is -2.28. The lowest BCUT2D eigenvalue weighted by atomic mass is 9.78. The summed E-state index contributed by atoms with van der Waals surface area (Å²) >= 11 is 0. The van der Waals surface area contributed by atoms with Gasteiger partial charge >= 0.3 is 0 Å². The van der Waals surface area contributed by atoms with Crippen LogP contribution in [-0.4, -0.2) is 19.6 Å². The molecule has 0 saturated heterocycles. The predicted octanol–water partition coefficient (Wildman–Crippen LogP) is 17.0. The van der Waals surface area contributed by atoms with Crippen LogP contribution in [0.5, 0.6) is 5.75 Å². The van der Waals surface area contributed by atoms with Crippen molar-refractivity contribution < 1.29 is 12.0 Å². The molecule has 4 heteroatoms. The molecule has 4 nitrogen and oxygen atoms in total. The van der Waals surface area contributed by atoms with E-state index in [2.05, 4.69) is 171 Å². The molecule has 0 aliphatic heterocycles. The second-order valence-corrected chi connectivity index (χ2v) is 20.1. The Balaban J connectivity index is 1.38. The normalized spacial score (nSPS) is 13.2. The van der Waals surface area contributed by atoms with Crippen LogP contribution in [0.2, 0.25) is 0 Å². The van der Waals surface area contributed by atoms with Gasteiger partial charge < -0.3 is 5.11 Å². The first-order valence-electron chi connectivity index (χ1n) is 25.5. The molecule has 7 aromatic carbocycles. The number of phenols is 1. The van der Waals surface area contributed by atoms with Gasteiger partial charge in [-0.3, -0.25) is 9.55 Å². The third-order valence-corrected chi connectivity index (χ3v) is 12.6. The summed E-state index contributed by atoms with van der Waals surface area (Å²) in [6.45, 7) is 22.0. The maximum atomic E-state index is 12.7. The second-order valence-electron chi connectivity index (χ2n) is 20.1. The van der Waals surface area contributed by atoms with Crippen molar-refractivity contribution in [2.24, 2.45) is 0 Å². The molecule has 0 saturated carbocycles. The largest absolute Gasteiger partial charge is 0.507 e. The van der Waals surface area contributed by atoms with Gasteiger partial charge in [0.2, 0.25) is 0 Å². The van der Waals surface area contributed by atoms with E-state index in [0.29, 0.717) is 22.6 Å². The van der Waals surface area contributed by atoms with Crippen LogP contribution in [0.4, 0.5) is 0 Å². The second kappa shape index (κ2) is 17.4. The molecule has 0 amide bonds. The van der Waals surface area contributed by atoms with Gasteiger partial charge in [0.15, 0.2) is 0 Å². The fraction of sp³-hybridized carbons (Fsp3) is 0.226. The Morgan fingerprint density at radius 2 is 1.12 bits per heavy atom. The van der Waals surface area contributed by atoms with E-state index in [-0.39, 0.29) is 58.1 Å². The molecule has 0 fully saturated rings. The number of pyridine rings is 1. The predicted molar refractivity (Wildman–Crippen MR) is 279 cm³/mol. The van der Waals surface area contributed by atoms with Crippen molar-refractivity contribution in [3.05, 3.63) is 192 Å². The maximum Gasteiger partial charge on any atom is 0.149 e. The maximum absolute atomic E-state index is 12.7. The van der Waals surface area contributed by atoms with E-state index in [1.165, 1.54) is 11.1 Å². The monoisotopic (exact) mass is 869 g/mol. The summed E-state index contributed by atoms with van der Waals surface area (Å²) in [5.41, 5.74) is 15.0. The van der Waals surface area contributed by atoms with Gasteiger partial charge in [0.05, 0.1) is 34.8 Å². The summed E-state index contributed by atoms with van der Waals surface area (Å²) in [4.78, 5) is 10.6. The number of fused-ring (bicyclic) bond motifs is 1. The number of imidazole rings is 1. The van der Waals surface area contributed by atoms with E-state index < -0.39 is 6.04 Å². The van der Waals surface area contributed by atoms with Crippen LogP contribution >= 0.6 is 0 Å². The van der Waals surface area contributed by atoms with Gasteiger partial charge in [-0.05, 0) is 133 Å². The van der Waals surface area contributed by atoms with Crippen molar-refractivity contribution in [2.75, 3.05) is 0 Å². The Bertz CT molecular complexity index is 3450. The lowest BCUT2D eigenvalue weighted by Crippen LogP contribution is -2.17. The van der Waals surface area contributed by atoms with Crippen molar-refractivity contribution >= 4 is 11.0 Å². The third kappa shape index (κ3) is 8.49. The molecular weight excluding hydrogens is 803 g/mol. The summed E-state index contributed by atoms with van der Waals surface area (Å²) in [6.07, 6.45) is 1.63. The highest BCUT2D eigenvalue weighted by Crippen LogP contribution is 2.47. The zero-order chi connectivity index (χ0) is 50.8. The number of aromatic hydroxyl groups is 1. The van der Waals surface area contributed by atoms with E-state index >= 15 is 0 Å². The fourth-order valence-corrected chi connectivity index (χ4v) is 9.03. The number of hydrogen-bond acceptors (Lipinski definition) is 3. The minimum atomic E-state index is -0.435. The highest BCUT2D eigenvalue weighted by atomic mass is 16.3. The SMILES string of the molecule is [2H]c1c([2H])c([2H])c(-c2ccnc(-c3cc(-c4ccccc4)cc(-c4cccc5c4nc(-c4cc(C(C)(C)C)cc(C(C)(C)C)c4O)n5-c4c(C(C)C)cc(-c5ccccc5)cc4C(C)C)c3)c2)c([2H])c1[2H]. The molecule has 0 unspecified atom stereocenters. The van der Waals surface area contributed by atoms with Crippen LogP contribution in [0, 0.1) is 0 Å². The van der Waals surface area contributed by atoms with E-state index in [1.54, 1.807) is 18.3 Å². The topological polar surface area (TPSA) is 50.9 Å².